The SMILES string of the molecule is C[C@H](Cn1cnc2ccccc21)C(=O)N/N=C\c1ccc(Br)cc1. The molecule has 24 heavy (non-hydrogen) atoms. The fourth-order valence-electron chi connectivity index (χ4n) is 2.36. The van der Waals surface area contributed by atoms with Crippen molar-refractivity contribution in [1.29, 1.82) is 0 Å². The van der Waals surface area contributed by atoms with Crippen molar-refractivity contribution in [1.82, 2.24) is 15.0 Å². The second-order valence-corrected chi connectivity index (χ2v) is 6.49. The summed E-state index contributed by atoms with van der Waals surface area (Å²) in [6, 6.07) is 15.6. The predicted molar refractivity (Wildman–Crippen MR) is 98.8 cm³/mol. The van der Waals surface area contributed by atoms with Crippen molar-refractivity contribution >= 4 is 39.1 Å². The molecular weight excluding hydrogens is 368 g/mol. The number of nitrogens with one attached hydrogen (secondary N) is 1. The highest BCUT2D eigenvalue weighted by molar-refractivity contribution is 9.10. The van der Waals surface area contributed by atoms with Gasteiger partial charge in [0, 0.05) is 11.0 Å². The topological polar surface area (TPSA) is 59.3 Å². The Hall–Kier alpha value is -2.47. The molecule has 6 heteroatoms. The number of hydrogen-bond donors (Lipinski definition) is 1. The molecule has 0 saturated heterocycles. The van der Waals surface area contributed by atoms with E-state index < -0.39 is 0 Å². The number of para-hydroxylation sites is 2. The van der Waals surface area contributed by atoms with Crippen molar-refractivity contribution < 1.29 is 4.79 Å². The summed E-state index contributed by atoms with van der Waals surface area (Å²) in [5, 5.41) is 4.02. The van der Waals surface area contributed by atoms with Crippen molar-refractivity contribution in [2.24, 2.45) is 11.0 Å². The molecule has 122 valence electrons. The van der Waals surface area contributed by atoms with Crippen LogP contribution in [0.15, 0.2) is 64.4 Å². The predicted octanol–water partition coefficient (Wildman–Crippen LogP) is 3.59. The van der Waals surface area contributed by atoms with E-state index in [2.05, 4.69) is 31.4 Å². The highest BCUT2D eigenvalue weighted by Crippen LogP contribution is 2.14. The normalized spacial score (nSPS) is 12.6. The monoisotopic (exact) mass is 384 g/mol. The molecule has 0 bridgehead atoms. The van der Waals surface area contributed by atoms with E-state index in [4.69, 9.17) is 0 Å². The van der Waals surface area contributed by atoms with Crippen molar-refractivity contribution in [3.8, 4) is 0 Å². The van der Waals surface area contributed by atoms with Gasteiger partial charge in [0.15, 0.2) is 0 Å². The summed E-state index contributed by atoms with van der Waals surface area (Å²) >= 11 is 3.38. The molecule has 0 aliphatic carbocycles. The first-order valence-corrected chi connectivity index (χ1v) is 8.41. The van der Waals surface area contributed by atoms with Crippen LogP contribution in [0.2, 0.25) is 0 Å². The molecule has 0 saturated carbocycles. The van der Waals surface area contributed by atoms with Gasteiger partial charge in [-0.15, -0.1) is 0 Å². The first kappa shape index (κ1) is 16.4. The van der Waals surface area contributed by atoms with Gasteiger partial charge < -0.3 is 4.57 Å². The van der Waals surface area contributed by atoms with E-state index in [-0.39, 0.29) is 11.8 Å². The fourth-order valence-corrected chi connectivity index (χ4v) is 2.63. The summed E-state index contributed by atoms with van der Waals surface area (Å²) in [7, 11) is 0. The molecular formula is C18H17BrN4O. The summed E-state index contributed by atoms with van der Waals surface area (Å²) in [6.07, 6.45) is 3.39. The molecule has 0 spiro atoms. The number of benzene rings is 2. The summed E-state index contributed by atoms with van der Waals surface area (Å²) in [5.41, 5.74) is 5.47. The Labute approximate surface area is 148 Å². The lowest BCUT2D eigenvalue weighted by atomic mass is 10.1. The molecule has 0 fully saturated rings. The minimum Gasteiger partial charge on any atom is -0.330 e. The van der Waals surface area contributed by atoms with E-state index in [1.165, 1.54) is 0 Å². The van der Waals surface area contributed by atoms with Crippen LogP contribution in [-0.2, 0) is 11.3 Å². The summed E-state index contributed by atoms with van der Waals surface area (Å²) < 4.78 is 2.99. The van der Waals surface area contributed by atoms with E-state index in [1.54, 1.807) is 12.5 Å². The van der Waals surface area contributed by atoms with Gasteiger partial charge >= 0.3 is 0 Å². The van der Waals surface area contributed by atoms with Gasteiger partial charge in [-0.25, -0.2) is 10.4 Å². The molecule has 2 aromatic carbocycles. The molecule has 3 aromatic rings. The van der Waals surface area contributed by atoms with Gasteiger partial charge in [-0.05, 0) is 29.8 Å². The zero-order chi connectivity index (χ0) is 16.9. The van der Waals surface area contributed by atoms with Gasteiger partial charge in [-0.3, -0.25) is 4.79 Å². The second-order valence-electron chi connectivity index (χ2n) is 5.57. The van der Waals surface area contributed by atoms with Crippen molar-refractivity contribution in [2.75, 3.05) is 0 Å². The van der Waals surface area contributed by atoms with Crippen LogP contribution in [0.5, 0.6) is 0 Å². The van der Waals surface area contributed by atoms with E-state index in [1.807, 2.05) is 60.0 Å². The highest BCUT2D eigenvalue weighted by Gasteiger charge is 2.14. The van der Waals surface area contributed by atoms with E-state index in [9.17, 15) is 4.79 Å². The lowest BCUT2D eigenvalue weighted by Gasteiger charge is -2.11. The summed E-state index contributed by atoms with van der Waals surface area (Å²) in [5.74, 6) is -0.342. The van der Waals surface area contributed by atoms with Crippen LogP contribution in [0.3, 0.4) is 0 Å². The second kappa shape index (κ2) is 7.40. The Morgan fingerprint density at radius 2 is 2.04 bits per heavy atom. The first-order valence-electron chi connectivity index (χ1n) is 7.62. The number of halogens is 1. The fraction of sp³-hybridized carbons (Fsp3) is 0.167. The quantitative estimate of drug-likeness (QED) is 0.539. The maximum absolute atomic E-state index is 12.2. The van der Waals surface area contributed by atoms with Gasteiger partial charge in [0.25, 0.3) is 0 Å². The third-order valence-electron chi connectivity index (χ3n) is 3.70. The molecule has 1 atom stereocenters. The van der Waals surface area contributed by atoms with E-state index in [0.717, 1.165) is 21.1 Å². The molecule has 0 unspecified atom stereocenters. The number of hydrogen-bond acceptors (Lipinski definition) is 3. The lowest BCUT2D eigenvalue weighted by Crippen LogP contribution is -2.27. The van der Waals surface area contributed by atoms with Crippen LogP contribution in [0.4, 0.5) is 0 Å². The number of rotatable bonds is 5. The van der Waals surface area contributed by atoms with Crippen LogP contribution in [0.25, 0.3) is 11.0 Å². The van der Waals surface area contributed by atoms with Gasteiger partial charge in [-0.2, -0.15) is 5.10 Å². The molecule has 0 aliphatic heterocycles. The van der Waals surface area contributed by atoms with Crippen molar-refractivity contribution in [3.05, 3.63) is 64.9 Å². The average molecular weight is 385 g/mol. The standard InChI is InChI=1S/C18H17BrN4O/c1-13(11-23-12-20-16-4-2-3-5-17(16)23)18(24)22-21-10-14-6-8-15(19)9-7-14/h2-10,12-13H,11H2,1H3,(H,22,24)/b21-10-/t13-/m1/s1. The van der Waals surface area contributed by atoms with Crippen molar-refractivity contribution in [3.63, 3.8) is 0 Å². The van der Waals surface area contributed by atoms with Crippen LogP contribution in [0.1, 0.15) is 12.5 Å². The minimum absolute atomic E-state index is 0.124. The third-order valence-corrected chi connectivity index (χ3v) is 4.23. The lowest BCUT2D eigenvalue weighted by molar-refractivity contribution is -0.124. The van der Waals surface area contributed by atoms with Gasteiger partial charge in [-0.1, -0.05) is 47.1 Å². The smallest absolute Gasteiger partial charge is 0.244 e. The Balaban J connectivity index is 1.59. The molecule has 1 amide bonds. The molecule has 5 nitrogen and oxygen atoms in total. The number of nitrogens with zero attached hydrogens (tertiary/aromatic N) is 3. The van der Waals surface area contributed by atoms with Crippen LogP contribution < -0.4 is 5.43 Å². The Bertz CT molecular complexity index is 870. The number of hydrazone groups is 1. The number of fused-ring (bicyclic) bond motifs is 1. The Kier molecular flexibility index (Phi) is 5.05. The van der Waals surface area contributed by atoms with E-state index in [0.29, 0.717) is 6.54 Å². The van der Waals surface area contributed by atoms with Crippen molar-refractivity contribution in [2.45, 2.75) is 13.5 Å². The number of carbonyl (C=O) groups excluding carboxylic acids is 1. The number of imidazole rings is 1. The van der Waals surface area contributed by atoms with Crippen LogP contribution in [-0.4, -0.2) is 21.7 Å². The Morgan fingerprint density at radius 1 is 1.29 bits per heavy atom. The minimum atomic E-state index is -0.218. The molecule has 0 radical (unpaired) electrons. The number of carbonyl (C=O) groups is 1. The molecule has 3 rings (SSSR count). The summed E-state index contributed by atoms with van der Waals surface area (Å²) in [6.45, 7) is 2.43. The Morgan fingerprint density at radius 3 is 2.83 bits per heavy atom. The summed E-state index contributed by atoms with van der Waals surface area (Å²) in [4.78, 5) is 16.5. The zero-order valence-electron chi connectivity index (χ0n) is 13.2. The largest absolute Gasteiger partial charge is 0.330 e. The number of amides is 1. The highest BCUT2D eigenvalue weighted by atomic mass is 79.9. The van der Waals surface area contributed by atoms with E-state index >= 15 is 0 Å². The van der Waals surface area contributed by atoms with Gasteiger partial charge in [0.05, 0.1) is 29.5 Å². The first-order chi connectivity index (χ1) is 11.6. The number of aromatic nitrogens is 2. The van der Waals surface area contributed by atoms with Gasteiger partial charge in [0.1, 0.15) is 0 Å². The molecule has 1 N–H and O–H groups in total. The van der Waals surface area contributed by atoms with Gasteiger partial charge in [0.2, 0.25) is 5.91 Å². The molecule has 1 heterocycles. The third kappa shape index (κ3) is 3.89. The maximum Gasteiger partial charge on any atom is 0.244 e. The van der Waals surface area contributed by atoms with Crippen LogP contribution in [0, 0.1) is 5.92 Å². The molecule has 1 aromatic heterocycles. The zero-order valence-corrected chi connectivity index (χ0v) is 14.8. The molecule has 0 aliphatic rings. The maximum atomic E-state index is 12.2. The van der Waals surface area contributed by atoms with Crippen LogP contribution >= 0.6 is 15.9 Å². The average Bonchev–Trinajstić information content (AvgIpc) is 3.00.